The first-order chi connectivity index (χ1) is 19.5. The van der Waals surface area contributed by atoms with Crippen LogP contribution in [0.15, 0.2) is 67.5 Å². The molecule has 0 atom stereocenters. The lowest BCUT2D eigenvalue weighted by atomic mass is 10.2. The van der Waals surface area contributed by atoms with Crippen molar-refractivity contribution in [1.29, 1.82) is 0 Å². The lowest BCUT2D eigenvalue weighted by Crippen LogP contribution is -2.37. The highest BCUT2D eigenvalue weighted by molar-refractivity contribution is 5.67. The Kier molecular flexibility index (Phi) is 11.0. The van der Waals surface area contributed by atoms with E-state index >= 15 is 0 Å². The number of aromatic nitrogens is 6. The fraction of sp³-hybridized carbons (Fsp3) is 0.484. The van der Waals surface area contributed by atoms with Gasteiger partial charge in [-0.2, -0.15) is 0 Å². The van der Waals surface area contributed by atoms with Crippen molar-refractivity contribution in [2.45, 2.75) is 92.2 Å². The van der Waals surface area contributed by atoms with Gasteiger partial charge in [0.05, 0.1) is 26.2 Å². The molecule has 0 aliphatic carbocycles. The van der Waals surface area contributed by atoms with Gasteiger partial charge in [0, 0.05) is 45.8 Å². The highest BCUT2D eigenvalue weighted by Gasteiger charge is 2.14. The van der Waals surface area contributed by atoms with E-state index in [0.717, 1.165) is 76.2 Å². The zero-order valence-electron chi connectivity index (χ0n) is 24.3. The SMILES string of the molecule is Cc1nccn1CCCC[n+]1ccn(CCCCn2cc[n+](CCCNC(=O)OCc3ccccc3)c2C)c1C. The highest BCUT2D eigenvalue weighted by Crippen LogP contribution is 2.05. The van der Waals surface area contributed by atoms with Gasteiger partial charge >= 0.3 is 6.09 Å². The van der Waals surface area contributed by atoms with Crippen LogP contribution in [0.1, 0.15) is 55.1 Å². The Labute approximate surface area is 238 Å². The van der Waals surface area contributed by atoms with E-state index in [1.807, 2.05) is 36.5 Å². The Morgan fingerprint density at radius 1 is 0.800 bits per heavy atom. The summed E-state index contributed by atoms with van der Waals surface area (Å²) in [6.07, 6.45) is 17.7. The molecular weight excluding hydrogens is 502 g/mol. The molecule has 0 aliphatic heterocycles. The van der Waals surface area contributed by atoms with E-state index in [0.29, 0.717) is 13.2 Å². The third kappa shape index (κ3) is 8.56. The van der Waals surface area contributed by atoms with Gasteiger partial charge in [-0.05, 0) is 38.2 Å². The number of hydrogen-bond donors (Lipinski definition) is 1. The summed E-state index contributed by atoms with van der Waals surface area (Å²) in [4.78, 5) is 16.2. The van der Waals surface area contributed by atoms with E-state index in [1.54, 1.807) is 0 Å². The molecule has 40 heavy (non-hydrogen) atoms. The first-order valence-corrected chi connectivity index (χ1v) is 14.5. The fourth-order valence-corrected chi connectivity index (χ4v) is 5.01. The maximum Gasteiger partial charge on any atom is 0.407 e. The average molecular weight is 548 g/mol. The topological polar surface area (TPSA) is 73.8 Å². The van der Waals surface area contributed by atoms with E-state index in [1.165, 1.54) is 11.6 Å². The number of imidazole rings is 3. The van der Waals surface area contributed by atoms with Crippen LogP contribution in [0, 0.1) is 20.8 Å². The Morgan fingerprint density at radius 3 is 2.02 bits per heavy atom. The second-order valence-corrected chi connectivity index (χ2v) is 10.4. The van der Waals surface area contributed by atoms with Crippen LogP contribution in [0.25, 0.3) is 0 Å². The van der Waals surface area contributed by atoms with Crippen molar-refractivity contribution in [2.75, 3.05) is 6.54 Å². The van der Waals surface area contributed by atoms with E-state index in [9.17, 15) is 4.79 Å². The Hall–Kier alpha value is -3.88. The van der Waals surface area contributed by atoms with Crippen LogP contribution < -0.4 is 14.5 Å². The van der Waals surface area contributed by atoms with Gasteiger partial charge in [-0.25, -0.2) is 28.0 Å². The summed E-state index contributed by atoms with van der Waals surface area (Å²) in [7, 11) is 0. The van der Waals surface area contributed by atoms with Gasteiger partial charge in [0.2, 0.25) is 0 Å². The van der Waals surface area contributed by atoms with E-state index in [4.69, 9.17) is 4.74 Å². The van der Waals surface area contributed by atoms with Crippen molar-refractivity contribution in [3.8, 4) is 0 Å². The minimum absolute atomic E-state index is 0.292. The number of carbonyl (C=O) groups is 1. The normalized spacial score (nSPS) is 11.2. The van der Waals surface area contributed by atoms with Crippen molar-refractivity contribution in [3.05, 3.63) is 90.5 Å². The number of benzene rings is 1. The third-order valence-electron chi connectivity index (χ3n) is 7.59. The summed E-state index contributed by atoms with van der Waals surface area (Å²) >= 11 is 0. The Balaban J connectivity index is 1.09. The van der Waals surface area contributed by atoms with Crippen LogP contribution >= 0.6 is 0 Å². The van der Waals surface area contributed by atoms with Crippen molar-refractivity contribution >= 4 is 6.09 Å². The second kappa shape index (κ2) is 15.1. The number of hydrogen-bond acceptors (Lipinski definition) is 3. The maximum absolute atomic E-state index is 11.9. The molecule has 0 saturated carbocycles. The van der Waals surface area contributed by atoms with Crippen LogP contribution in [0.4, 0.5) is 4.79 Å². The van der Waals surface area contributed by atoms with Gasteiger partial charge in [0.25, 0.3) is 11.6 Å². The smallest absolute Gasteiger partial charge is 0.407 e. The van der Waals surface area contributed by atoms with Crippen LogP contribution in [0.3, 0.4) is 0 Å². The molecule has 0 bridgehead atoms. The summed E-state index contributed by atoms with van der Waals surface area (Å²) in [6, 6.07) is 9.72. The predicted octanol–water partition coefficient (Wildman–Crippen LogP) is 4.26. The molecule has 1 amide bonds. The first-order valence-electron chi connectivity index (χ1n) is 14.5. The molecule has 1 aromatic carbocycles. The van der Waals surface area contributed by atoms with Crippen LogP contribution in [-0.4, -0.2) is 31.3 Å². The molecule has 3 heterocycles. The minimum Gasteiger partial charge on any atom is -0.445 e. The van der Waals surface area contributed by atoms with Crippen molar-refractivity contribution in [3.63, 3.8) is 0 Å². The summed E-state index contributed by atoms with van der Waals surface area (Å²) in [6.45, 7) is 12.3. The molecule has 1 N–H and O–H groups in total. The quantitative estimate of drug-likeness (QED) is 0.168. The lowest BCUT2D eigenvalue weighted by molar-refractivity contribution is -0.703. The summed E-state index contributed by atoms with van der Waals surface area (Å²) in [5.74, 6) is 3.66. The van der Waals surface area contributed by atoms with E-state index in [2.05, 4.69) is 84.9 Å². The third-order valence-corrected chi connectivity index (χ3v) is 7.59. The molecule has 0 unspecified atom stereocenters. The molecule has 214 valence electrons. The number of ether oxygens (including phenoxy) is 1. The van der Waals surface area contributed by atoms with Gasteiger partial charge in [-0.15, -0.1) is 0 Å². The zero-order chi connectivity index (χ0) is 28.2. The molecule has 0 aliphatic rings. The van der Waals surface area contributed by atoms with Crippen molar-refractivity contribution in [1.82, 2.24) is 24.0 Å². The highest BCUT2D eigenvalue weighted by atomic mass is 16.5. The summed E-state index contributed by atoms with van der Waals surface area (Å²) in [5, 5.41) is 2.85. The van der Waals surface area contributed by atoms with Gasteiger partial charge in [-0.3, -0.25) is 0 Å². The van der Waals surface area contributed by atoms with Crippen LogP contribution in [0.2, 0.25) is 0 Å². The number of nitrogens with zero attached hydrogens (tertiary/aromatic N) is 6. The van der Waals surface area contributed by atoms with Crippen molar-refractivity contribution < 1.29 is 18.7 Å². The van der Waals surface area contributed by atoms with Gasteiger partial charge < -0.3 is 14.6 Å². The molecule has 9 heteroatoms. The number of amides is 1. The second-order valence-electron chi connectivity index (χ2n) is 10.4. The Morgan fingerprint density at radius 2 is 1.40 bits per heavy atom. The molecule has 3 aromatic heterocycles. The lowest BCUT2D eigenvalue weighted by Gasteiger charge is -2.07. The number of aryl methyl sites for hydroxylation is 6. The first kappa shape index (κ1) is 29.1. The molecule has 0 spiro atoms. The predicted molar refractivity (Wildman–Crippen MR) is 153 cm³/mol. The number of alkyl carbamates (subject to hydrolysis) is 1. The molecule has 0 saturated heterocycles. The fourth-order valence-electron chi connectivity index (χ4n) is 5.01. The monoisotopic (exact) mass is 547 g/mol. The molecule has 0 radical (unpaired) electrons. The van der Waals surface area contributed by atoms with Crippen molar-refractivity contribution in [2.24, 2.45) is 0 Å². The molecule has 4 aromatic rings. The van der Waals surface area contributed by atoms with E-state index in [-0.39, 0.29) is 6.09 Å². The largest absolute Gasteiger partial charge is 0.445 e. The number of nitrogens with one attached hydrogen (secondary N) is 1. The van der Waals surface area contributed by atoms with Gasteiger partial charge in [0.15, 0.2) is 0 Å². The van der Waals surface area contributed by atoms with Gasteiger partial charge in [0.1, 0.15) is 37.2 Å². The minimum atomic E-state index is -0.368. The summed E-state index contributed by atoms with van der Waals surface area (Å²) < 4.78 is 16.8. The number of unbranched alkanes of at least 4 members (excludes halogenated alkanes) is 2. The summed E-state index contributed by atoms with van der Waals surface area (Å²) in [5.41, 5.74) is 0.987. The van der Waals surface area contributed by atoms with Crippen LogP contribution in [-0.2, 0) is 44.1 Å². The van der Waals surface area contributed by atoms with Gasteiger partial charge in [-0.1, -0.05) is 30.3 Å². The Bertz CT molecular complexity index is 1320. The molecular formula is C31H45N7O2+2. The number of carbonyl (C=O) groups excluding carboxylic acids is 1. The standard InChI is InChI=1S/C31H44N7O2/c1-27-32-15-21-34(27)16-7-8-17-35-22-23-36(28(35)2)18-9-10-19-37-24-25-38(29(37)3)20-11-14-33-31(39)40-26-30-12-5-4-6-13-30/h4-6,12-13,15,21-25H,7-11,14,16-20,26H2,1-3H3/q+1/p+1. The average Bonchev–Trinajstić information content (AvgIpc) is 3.65. The molecule has 0 fully saturated rings. The molecule has 4 rings (SSSR count). The zero-order valence-corrected chi connectivity index (χ0v) is 24.3. The van der Waals surface area contributed by atoms with E-state index < -0.39 is 0 Å². The molecule has 9 nitrogen and oxygen atoms in total. The maximum atomic E-state index is 11.9. The van der Waals surface area contributed by atoms with Crippen LogP contribution in [0.5, 0.6) is 0 Å². The number of rotatable bonds is 16.